The van der Waals surface area contributed by atoms with Crippen molar-refractivity contribution in [1.82, 2.24) is 5.32 Å². The van der Waals surface area contributed by atoms with Gasteiger partial charge in [0.25, 0.3) is 0 Å². The van der Waals surface area contributed by atoms with E-state index in [1.165, 1.54) is 5.56 Å². The summed E-state index contributed by atoms with van der Waals surface area (Å²) in [4.78, 5) is 11.4. The third-order valence-electron chi connectivity index (χ3n) is 4.35. The number of ether oxygens (including phenoxy) is 2. The van der Waals surface area contributed by atoms with E-state index in [9.17, 15) is 9.90 Å². The zero-order valence-corrected chi connectivity index (χ0v) is 17.5. The summed E-state index contributed by atoms with van der Waals surface area (Å²) in [5.74, 6) is 0.519. The third kappa shape index (κ3) is 6.43. The number of benzene rings is 2. The highest BCUT2D eigenvalue weighted by Gasteiger charge is 2.19. The minimum absolute atomic E-state index is 0.274. The highest BCUT2D eigenvalue weighted by Crippen LogP contribution is 2.34. The van der Waals surface area contributed by atoms with Crippen molar-refractivity contribution >= 4 is 17.6 Å². The molecular weight excluding hydrogens is 378 g/mol. The van der Waals surface area contributed by atoms with Crippen LogP contribution in [0.2, 0.25) is 5.02 Å². The van der Waals surface area contributed by atoms with Gasteiger partial charge in [-0.25, -0.2) is 0 Å². The van der Waals surface area contributed by atoms with E-state index in [-0.39, 0.29) is 5.92 Å². The van der Waals surface area contributed by atoms with Gasteiger partial charge in [0, 0.05) is 17.6 Å². The molecular formula is C22H28ClNO4. The molecule has 0 aliphatic carbocycles. The van der Waals surface area contributed by atoms with Crippen molar-refractivity contribution in [3.63, 3.8) is 0 Å². The van der Waals surface area contributed by atoms with Crippen LogP contribution in [0, 0.1) is 12.8 Å². The lowest BCUT2D eigenvalue weighted by atomic mass is 10.0. The molecule has 6 heteroatoms. The summed E-state index contributed by atoms with van der Waals surface area (Å²) < 4.78 is 11.3. The van der Waals surface area contributed by atoms with Crippen molar-refractivity contribution in [3.8, 4) is 11.5 Å². The molecule has 0 aromatic heterocycles. The Hall–Kier alpha value is -2.24. The number of aliphatic carboxylic acids is 1. The van der Waals surface area contributed by atoms with E-state index < -0.39 is 12.0 Å². The fourth-order valence-corrected chi connectivity index (χ4v) is 3.14. The summed E-state index contributed by atoms with van der Waals surface area (Å²) >= 11 is 6.41. The molecule has 2 aromatic rings. The molecule has 2 rings (SSSR count). The fourth-order valence-electron chi connectivity index (χ4n) is 2.92. The molecule has 0 saturated heterocycles. The number of nitrogens with one attached hydrogen (secondary N) is 1. The average Bonchev–Trinajstić information content (AvgIpc) is 2.64. The topological polar surface area (TPSA) is 67.8 Å². The molecule has 28 heavy (non-hydrogen) atoms. The molecule has 0 spiro atoms. The van der Waals surface area contributed by atoms with E-state index in [0.717, 1.165) is 11.1 Å². The number of carboxylic acid groups (broad SMARTS) is 1. The van der Waals surface area contributed by atoms with Gasteiger partial charge in [-0.2, -0.15) is 0 Å². The zero-order valence-electron chi connectivity index (χ0n) is 16.8. The maximum absolute atomic E-state index is 11.4. The Bertz CT molecular complexity index is 807. The van der Waals surface area contributed by atoms with Gasteiger partial charge >= 0.3 is 5.97 Å². The largest absolute Gasteiger partial charge is 0.493 e. The van der Waals surface area contributed by atoms with E-state index in [0.29, 0.717) is 36.1 Å². The highest BCUT2D eigenvalue weighted by atomic mass is 35.5. The number of carbonyl (C=O) groups is 1. The van der Waals surface area contributed by atoms with Crippen molar-refractivity contribution in [1.29, 1.82) is 0 Å². The number of hydrogen-bond donors (Lipinski definition) is 2. The summed E-state index contributed by atoms with van der Waals surface area (Å²) in [6, 6.07) is 11.0. The SMILES string of the molecule is COc1cc(CNC(CC(C)C)C(=O)O)c(Cl)cc1OCc1cccc(C)c1. The minimum Gasteiger partial charge on any atom is -0.493 e. The standard InChI is InChI=1S/C22H28ClNO4/c1-14(2)8-19(22(25)26)24-12-17-10-20(27-4)21(11-18(17)23)28-13-16-7-5-6-15(3)9-16/h5-7,9-11,14,19,24H,8,12-13H2,1-4H3,(H,25,26). The average molecular weight is 406 g/mol. The quantitative estimate of drug-likeness (QED) is 0.592. The highest BCUT2D eigenvalue weighted by molar-refractivity contribution is 6.31. The van der Waals surface area contributed by atoms with Gasteiger partial charge in [-0.3, -0.25) is 4.79 Å². The molecule has 0 heterocycles. The van der Waals surface area contributed by atoms with Gasteiger partial charge in [0.15, 0.2) is 11.5 Å². The molecule has 2 N–H and O–H groups in total. The Morgan fingerprint density at radius 2 is 1.96 bits per heavy atom. The first-order chi connectivity index (χ1) is 13.3. The Morgan fingerprint density at radius 1 is 1.21 bits per heavy atom. The summed E-state index contributed by atoms with van der Waals surface area (Å²) in [7, 11) is 1.57. The van der Waals surface area contributed by atoms with Crippen LogP contribution in [0.3, 0.4) is 0 Å². The van der Waals surface area contributed by atoms with Crippen LogP contribution >= 0.6 is 11.6 Å². The summed E-state index contributed by atoms with van der Waals surface area (Å²) in [6.07, 6.45) is 0.543. The van der Waals surface area contributed by atoms with Crippen molar-refractivity contribution < 1.29 is 19.4 Å². The van der Waals surface area contributed by atoms with E-state index in [2.05, 4.69) is 11.4 Å². The molecule has 0 saturated carbocycles. The normalized spacial score (nSPS) is 12.1. The Balaban J connectivity index is 2.10. The second-order valence-corrected chi connectivity index (χ2v) is 7.68. The van der Waals surface area contributed by atoms with Gasteiger partial charge < -0.3 is 19.9 Å². The van der Waals surface area contributed by atoms with Gasteiger partial charge in [0.05, 0.1) is 7.11 Å². The van der Waals surface area contributed by atoms with Crippen molar-refractivity contribution in [2.45, 2.75) is 46.4 Å². The number of hydrogen-bond acceptors (Lipinski definition) is 4. The smallest absolute Gasteiger partial charge is 0.320 e. The second kappa shape index (κ2) is 10.3. The lowest BCUT2D eigenvalue weighted by molar-refractivity contribution is -0.140. The number of rotatable bonds is 10. The zero-order chi connectivity index (χ0) is 20.7. The molecule has 0 aliphatic rings. The number of carboxylic acids is 1. The Kier molecular flexibility index (Phi) is 8.15. The second-order valence-electron chi connectivity index (χ2n) is 7.27. The van der Waals surface area contributed by atoms with Gasteiger partial charge in [-0.15, -0.1) is 0 Å². The van der Waals surface area contributed by atoms with Crippen LogP contribution in [0.15, 0.2) is 36.4 Å². The van der Waals surface area contributed by atoms with Gasteiger partial charge in [0.2, 0.25) is 0 Å². The lowest BCUT2D eigenvalue weighted by Crippen LogP contribution is -2.37. The summed E-state index contributed by atoms with van der Waals surface area (Å²) in [5.41, 5.74) is 2.99. The van der Waals surface area contributed by atoms with Crippen molar-refractivity contribution in [2.24, 2.45) is 5.92 Å². The molecule has 0 fully saturated rings. The molecule has 5 nitrogen and oxygen atoms in total. The predicted octanol–water partition coefficient (Wildman–Crippen LogP) is 4.82. The minimum atomic E-state index is -0.866. The molecule has 0 radical (unpaired) electrons. The number of methoxy groups -OCH3 is 1. The van der Waals surface area contributed by atoms with Crippen molar-refractivity contribution in [3.05, 3.63) is 58.1 Å². The summed E-state index contributed by atoms with van der Waals surface area (Å²) in [5, 5.41) is 12.9. The molecule has 0 aliphatic heterocycles. The van der Waals surface area contributed by atoms with Crippen LogP contribution in [0.4, 0.5) is 0 Å². The lowest BCUT2D eigenvalue weighted by Gasteiger charge is -2.18. The van der Waals surface area contributed by atoms with Crippen LogP contribution in [0.5, 0.6) is 11.5 Å². The van der Waals surface area contributed by atoms with Crippen LogP contribution in [0.1, 0.15) is 37.0 Å². The van der Waals surface area contributed by atoms with E-state index in [1.807, 2.05) is 39.0 Å². The molecule has 0 amide bonds. The first-order valence-electron chi connectivity index (χ1n) is 9.31. The van der Waals surface area contributed by atoms with E-state index in [4.69, 9.17) is 21.1 Å². The van der Waals surface area contributed by atoms with Gasteiger partial charge in [-0.1, -0.05) is 55.3 Å². The predicted molar refractivity (Wildman–Crippen MR) is 111 cm³/mol. The number of halogens is 1. The molecule has 0 bridgehead atoms. The molecule has 1 atom stereocenters. The molecule has 1 unspecified atom stereocenters. The first kappa shape index (κ1) is 22.1. The van der Waals surface area contributed by atoms with Crippen molar-refractivity contribution in [2.75, 3.05) is 7.11 Å². The third-order valence-corrected chi connectivity index (χ3v) is 4.71. The molecule has 2 aromatic carbocycles. The Morgan fingerprint density at radius 3 is 2.57 bits per heavy atom. The van der Waals surface area contributed by atoms with Crippen LogP contribution in [0.25, 0.3) is 0 Å². The van der Waals surface area contributed by atoms with E-state index >= 15 is 0 Å². The number of aryl methyl sites for hydroxylation is 1. The van der Waals surface area contributed by atoms with Crippen LogP contribution in [-0.2, 0) is 17.9 Å². The monoisotopic (exact) mass is 405 g/mol. The summed E-state index contributed by atoms with van der Waals surface area (Å²) in [6.45, 7) is 6.76. The fraction of sp³-hybridized carbons (Fsp3) is 0.409. The van der Waals surface area contributed by atoms with E-state index in [1.54, 1.807) is 19.2 Å². The van der Waals surface area contributed by atoms with Gasteiger partial charge in [-0.05, 0) is 36.5 Å². The first-order valence-corrected chi connectivity index (χ1v) is 9.69. The van der Waals surface area contributed by atoms with Crippen LogP contribution in [-0.4, -0.2) is 24.2 Å². The van der Waals surface area contributed by atoms with Crippen LogP contribution < -0.4 is 14.8 Å². The maximum atomic E-state index is 11.4. The maximum Gasteiger partial charge on any atom is 0.320 e. The Labute approximate surface area is 171 Å². The van der Waals surface area contributed by atoms with Gasteiger partial charge in [0.1, 0.15) is 12.6 Å². The molecule has 152 valence electrons.